The van der Waals surface area contributed by atoms with Gasteiger partial charge in [0.1, 0.15) is 0 Å². The lowest BCUT2D eigenvalue weighted by atomic mass is 10.1. The highest BCUT2D eigenvalue weighted by Gasteiger charge is 2.13. The lowest BCUT2D eigenvalue weighted by Crippen LogP contribution is -2.27. The number of nitrogens with one attached hydrogen (secondary N) is 2. The van der Waals surface area contributed by atoms with Gasteiger partial charge in [-0.15, -0.1) is 11.8 Å². The number of hydrogen-bond acceptors (Lipinski definition) is 5. The van der Waals surface area contributed by atoms with Crippen molar-refractivity contribution in [2.45, 2.75) is 11.3 Å². The summed E-state index contributed by atoms with van der Waals surface area (Å²) in [6.07, 6.45) is 0.633. The Morgan fingerprint density at radius 3 is 2.34 bits per heavy atom. The summed E-state index contributed by atoms with van der Waals surface area (Å²) in [7, 11) is 3.18. The minimum atomic E-state index is -0.239. The number of amides is 2. The number of hydrogen-bond donors (Lipinski definition) is 2. The largest absolute Gasteiger partial charge is 0.493 e. The third kappa shape index (κ3) is 6.52. The first-order chi connectivity index (χ1) is 15.6. The molecule has 7 heteroatoms. The van der Waals surface area contributed by atoms with Crippen LogP contribution in [0.4, 0.5) is 5.69 Å². The zero-order valence-electron chi connectivity index (χ0n) is 18.1. The molecule has 0 aliphatic heterocycles. The number of carbonyl (C=O) groups excluding carboxylic acids is 2. The van der Waals surface area contributed by atoms with E-state index < -0.39 is 0 Å². The van der Waals surface area contributed by atoms with E-state index in [0.29, 0.717) is 35.7 Å². The summed E-state index contributed by atoms with van der Waals surface area (Å²) in [4.78, 5) is 26.1. The molecule has 0 aliphatic rings. The Kier molecular flexibility index (Phi) is 8.57. The first-order valence-electron chi connectivity index (χ1n) is 10.2. The van der Waals surface area contributed by atoms with Gasteiger partial charge in [-0.1, -0.05) is 36.4 Å². The third-order valence-corrected chi connectivity index (χ3v) is 5.72. The van der Waals surface area contributed by atoms with Crippen molar-refractivity contribution in [1.82, 2.24) is 5.32 Å². The molecule has 0 heterocycles. The molecule has 0 bridgehead atoms. The molecule has 6 nitrogen and oxygen atoms in total. The maximum atomic E-state index is 12.7. The van der Waals surface area contributed by atoms with Gasteiger partial charge in [-0.3, -0.25) is 9.59 Å². The lowest BCUT2D eigenvalue weighted by Gasteiger charge is -2.12. The van der Waals surface area contributed by atoms with Crippen molar-refractivity contribution in [3.63, 3.8) is 0 Å². The Balaban J connectivity index is 1.55. The van der Waals surface area contributed by atoms with Crippen LogP contribution in [0, 0.1) is 0 Å². The molecule has 166 valence electrons. The van der Waals surface area contributed by atoms with Crippen LogP contribution in [-0.2, 0) is 11.2 Å². The van der Waals surface area contributed by atoms with E-state index in [9.17, 15) is 9.59 Å². The Labute approximate surface area is 192 Å². The van der Waals surface area contributed by atoms with Crippen LogP contribution in [0.25, 0.3) is 0 Å². The number of anilines is 1. The predicted molar refractivity (Wildman–Crippen MR) is 128 cm³/mol. The van der Waals surface area contributed by atoms with Gasteiger partial charge in [0.2, 0.25) is 5.91 Å². The molecular weight excluding hydrogens is 424 g/mol. The molecule has 0 spiro atoms. The predicted octanol–water partition coefficient (Wildman–Crippen LogP) is 4.41. The smallest absolute Gasteiger partial charge is 0.253 e. The van der Waals surface area contributed by atoms with Gasteiger partial charge in [0.25, 0.3) is 5.91 Å². The number of para-hydroxylation sites is 1. The Morgan fingerprint density at radius 2 is 1.59 bits per heavy atom. The van der Waals surface area contributed by atoms with E-state index in [4.69, 9.17) is 9.47 Å². The number of methoxy groups -OCH3 is 2. The highest BCUT2D eigenvalue weighted by Crippen LogP contribution is 2.27. The molecule has 0 aromatic heterocycles. The van der Waals surface area contributed by atoms with Crippen LogP contribution in [0.5, 0.6) is 11.5 Å². The van der Waals surface area contributed by atoms with Gasteiger partial charge in [-0.25, -0.2) is 0 Å². The number of thioether (sulfide) groups is 1. The van der Waals surface area contributed by atoms with Crippen LogP contribution in [0.1, 0.15) is 15.9 Å². The summed E-state index contributed by atoms with van der Waals surface area (Å²) in [5.74, 6) is 1.17. The zero-order chi connectivity index (χ0) is 22.8. The SMILES string of the molecule is COc1ccc(CCNC(=O)c2ccccc2NC(=O)CSc2ccccc2)cc1OC. The molecule has 2 amide bonds. The monoisotopic (exact) mass is 450 g/mol. The highest BCUT2D eigenvalue weighted by molar-refractivity contribution is 8.00. The number of benzene rings is 3. The lowest BCUT2D eigenvalue weighted by molar-refractivity contribution is -0.113. The van der Waals surface area contributed by atoms with Gasteiger partial charge in [0, 0.05) is 11.4 Å². The van der Waals surface area contributed by atoms with E-state index in [1.165, 1.54) is 11.8 Å². The van der Waals surface area contributed by atoms with Crippen LogP contribution < -0.4 is 20.1 Å². The van der Waals surface area contributed by atoms with Gasteiger partial charge in [0.15, 0.2) is 11.5 Å². The van der Waals surface area contributed by atoms with Crippen molar-refractivity contribution in [2.24, 2.45) is 0 Å². The Bertz CT molecular complexity index is 1060. The maximum absolute atomic E-state index is 12.7. The fourth-order valence-corrected chi connectivity index (χ4v) is 3.81. The van der Waals surface area contributed by atoms with E-state index in [2.05, 4.69) is 10.6 Å². The standard InChI is InChI=1S/C25H26N2O4S/c1-30-22-13-12-18(16-23(22)31-2)14-15-26-25(29)20-10-6-7-11-21(20)27-24(28)17-32-19-8-4-3-5-9-19/h3-13,16H,14-15,17H2,1-2H3,(H,26,29)(H,27,28). The van der Waals surface area contributed by atoms with Crippen molar-refractivity contribution < 1.29 is 19.1 Å². The van der Waals surface area contributed by atoms with Crippen LogP contribution in [0.2, 0.25) is 0 Å². The van der Waals surface area contributed by atoms with E-state index in [-0.39, 0.29) is 17.6 Å². The van der Waals surface area contributed by atoms with Crippen LogP contribution >= 0.6 is 11.8 Å². The van der Waals surface area contributed by atoms with Crippen molar-refractivity contribution >= 4 is 29.3 Å². The van der Waals surface area contributed by atoms with Crippen molar-refractivity contribution in [3.05, 3.63) is 83.9 Å². The molecular formula is C25H26N2O4S. The maximum Gasteiger partial charge on any atom is 0.253 e. The molecule has 2 N–H and O–H groups in total. The molecule has 0 aliphatic carbocycles. The molecule has 3 rings (SSSR count). The quantitative estimate of drug-likeness (QED) is 0.448. The Hall–Kier alpha value is -3.45. The molecule has 0 saturated carbocycles. The Morgan fingerprint density at radius 1 is 0.875 bits per heavy atom. The number of carbonyl (C=O) groups is 2. The molecule has 0 atom stereocenters. The van der Waals surface area contributed by atoms with Crippen molar-refractivity contribution in [2.75, 3.05) is 31.8 Å². The van der Waals surface area contributed by atoms with Crippen molar-refractivity contribution in [3.8, 4) is 11.5 Å². The second kappa shape index (κ2) is 11.8. The molecule has 3 aromatic carbocycles. The number of ether oxygens (including phenoxy) is 2. The van der Waals surface area contributed by atoms with E-state index in [1.807, 2.05) is 48.5 Å². The third-order valence-electron chi connectivity index (χ3n) is 4.71. The van der Waals surface area contributed by atoms with E-state index in [1.54, 1.807) is 38.5 Å². The molecule has 3 aromatic rings. The second-order valence-electron chi connectivity index (χ2n) is 6.89. The molecule has 32 heavy (non-hydrogen) atoms. The van der Waals surface area contributed by atoms with Gasteiger partial charge in [0.05, 0.1) is 31.2 Å². The van der Waals surface area contributed by atoms with Crippen LogP contribution in [0.15, 0.2) is 77.7 Å². The summed E-state index contributed by atoms with van der Waals surface area (Å²) >= 11 is 1.45. The van der Waals surface area contributed by atoms with Crippen LogP contribution in [0.3, 0.4) is 0 Å². The van der Waals surface area contributed by atoms with E-state index >= 15 is 0 Å². The minimum absolute atomic E-state index is 0.163. The summed E-state index contributed by atoms with van der Waals surface area (Å²) in [5, 5.41) is 5.76. The fraction of sp³-hybridized carbons (Fsp3) is 0.200. The zero-order valence-corrected chi connectivity index (χ0v) is 18.9. The van der Waals surface area contributed by atoms with Gasteiger partial charge >= 0.3 is 0 Å². The first kappa shape index (κ1) is 23.2. The van der Waals surface area contributed by atoms with Gasteiger partial charge < -0.3 is 20.1 Å². The van der Waals surface area contributed by atoms with Gasteiger partial charge in [-0.05, 0) is 48.4 Å². The molecule has 0 fully saturated rings. The summed E-state index contributed by atoms with van der Waals surface area (Å²) < 4.78 is 10.6. The van der Waals surface area contributed by atoms with Crippen LogP contribution in [-0.4, -0.2) is 38.3 Å². The average molecular weight is 451 g/mol. The number of rotatable bonds is 10. The summed E-state index contributed by atoms with van der Waals surface area (Å²) in [6.45, 7) is 0.445. The highest BCUT2D eigenvalue weighted by atomic mass is 32.2. The summed E-state index contributed by atoms with van der Waals surface area (Å²) in [5.41, 5.74) is 1.94. The topological polar surface area (TPSA) is 76.7 Å². The fourth-order valence-electron chi connectivity index (χ4n) is 3.09. The van der Waals surface area contributed by atoms with Gasteiger partial charge in [-0.2, -0.15) is 0 Å². The normalized spacial score (nSPS) is 10.3. The molecule has 0 unspecified atom stereocenters. The molecule has 0 saturated heterocycles. The minimum Gasteiger partial charge on any atom is -0.493 e. The first-order valence-corrected chi connectivity index (χ1v) is 11.1. The van der Waals surface area contributed by atoms with E-state index in [0.717, 1.165) is 10.5 Å². The molecule has 0 radical (unpaired) electrons. The second-order valence-corrected chi connectivity index (χ2v) is 7.94. The average Bonchev–Trinajstić information content (AvgIpc) is 2.83. The summed E-state index contributed by atoms with van der Waals surface area (Å²) in [6, 6.07) is 22.4. The van der Waals surface area contributed by atoms with Crippen molar-refractivity contribution in [1.29, 1.82) is 0 Å².